The maximum absolute atomic E-state index is 14.0. The summed E-state index contributed by atoms with van der Waals surface area (Å²) in [6.07, 6.45) is 4.51. The zero-order valence-electron chi connectivity index (χ0n) is 34.6. The predicted octanol–water partition coefficient (Wildman–Crippen LogP) is 10.1. The van der Waals surface area contributed by atoms with Crippen LogP contribution in [-0.2, 0) is 15.6 Å². The van der Waals surface area contributed by atoms with E-state index in [2.05, 4.69) is 88.7 Å². The molecule has 0 N–H and O–H groups in total. The van der Waals surface area contributed by atoms with E-state index in [-0.39, 0.29) is 17.0 Å². The molecule has 0 unspecified atom stereocenters. The summed E-state index contributed by atoms with van der Waals surface area (Å²) in [4.78, 5) is 35.7. The van der Waals surface area contributed by atoms with E-state index in [1.165, 1.54) is 0 Å². The maximum atomic E-state index is 14.0. The molecule has 0 bridgehead atoms. The molecule has 6 rings (SSSR count). The zero-order chi connectivity index (χ0) is 39.7. The molecule has 1 saturated heterocycles. The van der Waals surface area contributed by atoms with E-state index >= 15 is 0 Å². The Bertz CT molecular complexity index is 1970. The second kappa shape index (κ2) is 16.0. The van der Waals surface area contributed by atoms with Gasteiger partial charge in [0.1, 0.15) is 23.3 Å². The Hall–Kier alpha value is -4.41. The van der Waals surface area contributed by atoms with Crippen LogP contribution in [0.4, 0.5) is 4.79 Å². The van der Waals surface area contributed by atoms with Gasteiger partial charge in [0.25, 0.3) is 5.91 Å². The Kier molecular flexibility index (Phi) is 11.7. The van der Waals surface area contributed by atoms with E-state index in [0.29, 0.717) is 13.1 Å². The van der Waals surface area contributed by atoms with Gasteiger partial charge in [0, 0.05) is 36.2 Å². The lowest BCUT2D eigenvalue weighted by Gasteiger charge is -2.51. The average Bonchev–Trinajstić information content (AvgIpc) is 3.79. The third-order valence-corrected chi connectivity index (χ3v) is 15.8. The number of benzene rings is 2. The van der Waals surface area contributed by atoms with E-state index in [1.54, 1.807) is 4.90 Å². The lowest BCUT2D eigenvalue weighted by molar-refractivity contribution is 0.00490. The maximum Gasteiger partial charge on any atom is 0.410 e. The Labute approximate surface area is 329 Å². The molecule has 0 saturated carbocycles. The number of amides is 2. The topological polar surface area (TPSA) is 86.1 Å². The lowest BCUT2D eigenvalue weighted by atomic mass is 9.96. The van der Waals surface area contributed by atoms with Gasteiger partial charge in [0.15, 0.2) is 0 Å². The van der Waals surface area contributed by atoms with Crippen molar-refractivity contribution in [2.24, 2.45) is 0 Å². The van der Waals surface area contributed by atoms with Crippen LogP contribution in [0.3, 0.4) is 0 Å². The molecule has 55 heavy (non-hydrogen) atoms. The van der Waals surface area contributed by atoms with Gasteiger partial charge in [0.2, 0.25) is 0 Å². The molecular formula is C45H60N4O5Si-. The third-order valence-electron chi connectivity index (χ3n) is 11.3. The van der Waals surface area contributed by atoms with Crippen molar-refractivity contribution >= 4 is 20.3 Å². The monoisotopic (exact) mass is 764 g/mol. The molecule has 1 fully saturated rings. The van der Waals surface area contributed by atoms with Crippen LogP contribution < -0.4 is 4.74 Å². The molecule has 2 aliphatic rings. The third kappa shape index (κ3) is 9.52. The number of rotatable bonds is 10. The Balaban J connectivity index is 1.24. The summed E-state index contributed by atoms with van der Waals surface area (Å²) in [5.74, 6) is 1.77. The number of hydrogen-bond acceptors (Lipinski definition) is 6. The molecule has 2 atom stereocenters. The molecular weight excluding hydrogens is 705 g/mol. The molecule has 9 nitrogen and oxygen atoms in total. The van der Waals surface area contributed by atoms with Crippen LogP contribution in [0.15, 0.2) is 72.9 Å². The molecule has 0 radical (unpaired) electrons. The fraction of sp³-hybridized carbons (Fsp3) is 0.489. The van der Waals surface area contributed by atoms with Crippen LogP contribution in [0.2, 0.25) is 18.1 Å². The predicted molar refractivity (Wildman–Crippen MR) is 222 cm³/mol. The normalized spacial score (nSPS) is 16.7. The highest BCUT2D eigenvalue weighted by atomic mass is 28.4. The first kappa shape index (κ1) is 40.3. The van der Waals surface area contributed by atoms with Crippen molar-refractivity contribution in [3.05, 3.63) is 101 Å². The summed E-state index contributed by atoms with van der Waals surface area (Å²) in [6.45, 7) is 23.3. The number of hydrogen-bond donors (Lipinski definition) is 0. The average molecular weight is 765 g/mol. The van der Waals surface area contributed by atoms with Gasteiger partial charge in [-0.3, -0.25) is 4.79 Å². The summed E-state index contributed by atoms with van der Waals surface area (Å²) in [6, 6.07) is 22.5. The van der Waals surface area contributed by atoms with Crippen molar-refractivity contribution in [1.82, 2.24) is 19.4 Å². The van der Waals surface area contributed by atoms with Crippen LogP contribution >= 0.6 is 0 Å². The fourth-order valence-corrected chi connectivity index (χ4v) is 8.45. The van der Waals surface area contributed by atoms with Crippen LogP contribution in [-0.4, -0.2) is 77.6 Å². The molecule has 2 aromatic carbocycles. The molecule has 4 aromatic rings. The van der Waals surface area contributed by atoms with Gasteiger partial charge < -0.3 is 28.3 Å². The van der Waals surface area contributed by atoms with Crippen LogP contribution in [0.1, 0.15) is 99.8 Å². The van der Waals surface area contributed by atoms with E-state index in [0.717, 1.165) is 89.5 Å². The Morgan fingerprint density at radius 3 is 2.25 bits per heavy atom. The SMILES string of the molecule is Cc1ccc(C)n1-c1ccc([C@H](CN(C[C@H]2CCc3cc(-c4cccc(C(=O)N5CCCC5)c4)ccc3O2)C(=O)OC(C)(C)C)O[Si-](C)(C)C(C)(C)C)cn1. The van der Waals surface area contributed by atoms with Crippen molar-refractivity contribution in [1.29, 1.82) is 0 Å². The zero-order valence-corrected chi connectivity index (χ0v) is 35.6. The lowest BCUT2D eigenvalue weighted by Crippen LogP contribution is -2.48. The number of fused-ring (bicyclic) bond motifs is 1. The number of aryl methyl sites for hydroxylation is 3. The number of carbonyl (C=O) groups is 2. The second-order valence-electron chi connectivity index (χ2n) is 17.8. The number of ether oxygens (including phenoxy) is 2. The molecule has 10 heteroatoms. The van der Waals surface area contributed by atoms with Crippen molar-refractivity contribution in [3.63, 3.8) is 0 Å². The summed E-state index contributed by atoms with van der Waals surface area (Å²) >= 11 is 0. The number of nitrogens with zero attached hydrogens (tertiary/aromatic N) is 4. The first-order valence-electron chi connectivity index (χ1n) is 19.8. The number of likely N-dealkylation sites (tertiary alicyclic amines) is 1. The van der Waals surface area contributed by atoms with E-state index < -0.39 is 26.1 Å². The number of carbonyl (C=O) groups excluding carboxylic acids is 2. The van der Waals surface area contributed by atoms with E-state index in [4.69, 9.17) is 18.9 Å². The molecule has 2 aromatic heterocycles. The first-order valence-corrected chi connectivity index (χ1v) is 22.8. The Morgan fingerprint density at radius 1 is 0.927 bits per heavy atom. The van der Waals surface area contributed by atoms with Crippen molar-refractivity contribution in [2.45, 2.75) is 117 Å². The summed E-state index contributed by atoms with van der Waals surface area (Å²) in [5.41, 5.74) is 6.39. The van der Waals surface area contributed by atoms with Crippen LogP contribution in [0, 0.1) is 13.8 Å². The highest BCUT2D eigenvalue weighted by Crippen LogP contribution is 2.40. The van der Waals surface area contributed by atoms with E-state index in [1.807, 2.05) is 62.2 Å². The molecule has 0 spiro atoms. The molecule has 0 aliphatic carbocycles. The van der Waals surface area contributed by atoms with Gasteiger partial charge in [-0.25, -0.2) is 9.78 Å². The standard InChI is InChI=1S/C45H60N4O5Si/c1-31-16-17-32(2)49(31)41-23-20-37(28-46-41)40(54-55(9,10)45(6,7)8)30-48(43(51)53-44(3,4)5)29-38-21-18-35-26-34(19-22-39(35)52-38)33-14-13-15-36(27-33)42(50)47-24-11-12-25-47/h13-17,19-20,22-23,26-28,38,40H,11-12,18,21,24-25,29-30H2,1-10H3/q-1/t38-,40+/m1/s1. The summed E-state index contributed by atoms with van der Waals surface area (Å²) in [5, 5.41) is -0.0471. The molecule has 2 amide bonds. The summed E-state index contributed by atoms with van der Waals surface area (Å²) < 4.78 is 21.9. The Morgan fingerprint density at radius 2 is 1.62 bits per heavy atom. The number of pyridine rings is 1. The van der Waals surface area contributed by atoms with Gasteiger partial charge in [-0.1, -0.05) is 45.0 Å². The minimum atomic E-state index is -2.30. The minimum Gasteiger partial charge on any atom is -0.558 e. The van der Waals surface area contributed by atoms with Crippen LogP contribution in [0.25, 0.3) is 16.9 Å². The summed E-state index contributed by atoms with van der Waals surface area (Å²) in [7, 11) is -2.30. The number of aromatic nitrogens is 2. The highest BCUT2D eigenvalue weighted by molar-refractivity contribution is 6.74. The van der Waals surface area contributed by atoms with Gasteiger partial charge in [-0.15, -0.1) is 18.1 Å². The fourth-order valence-electron chi connectivity index (χ4n) is 7.18. The van der Waals surface area contributed by atoms with Gasteiger partial charge >= 0.3 is 6.09 Å². The van der Waals surface area contributed by atoms with Crippen molar-refractivity contribution in [3.8, 4) is 22.7 Å². The smallest absolute Gasteiger partial charge is 0.410 e. The molecule has 295 valence electrons. The quantitative estimate of drug-likeness (QED) is 0.150. The second-order valence-corrected chi connectivity index (χ2v) is 22.6. The van der Waals surface area contributed by atoms with Gasteiger partial charge in [-0.05, 0) is 133 Å². The first-order chi connectivity index (χ1) is 25.9. The molecule has 4 heterocycles. The van der Waals surface area contributed by atoms with Gasteiger partial charge in [-0.2, -0.15) is 0 Å². The van der Waals surface area contributed by atoms with Crippen molar-refractivity contribution in [2.75, 3.05) is 26.2 Å². The largest absolute Gasteiger partial charge is 0.558 e. The minimum absolute atomic E-state index is 0.0471. The van der Waals surface area contributed by atoms with Crippen LogP contribution in [0.5, 0.6) is 5.75 Å². The molecule has 2 aliphatic heterocycles. The highest BCUT2D eigenvalue weighted by Gasteiger charge is 2.33. The van der Waals surface area contributed by atoms with Gasteiger partial charge in [0.05, 0.1) is 19.2 Å². The van der Waals surface area contributed by atoms with E-state index in [9.17, 15) is 9.59 Å². The van der Waals surface area contributed by atoms with Crippen molar-refractivity contribution < 1.29 is 23.5 Å².